The molecule has 0 rings (SSSR count). The molecule has 0 aliphatic carbocycles. The summed E-state index contributed by atoms with van der Waals surface area (Å²) in [5.74, 6) is -0.852. The zero-order chi connectivity index (χ0) is 57.1. The molecule has 1 unspecified atom stereocenters. The van der Waals surface area contributed by atoms with Gasteiger partial charge in [-0.05, 0) is 51.4 Å². The lowest BCUT2D eigenvalue weighted by Gasteiger charge is -2.18. The van der Waals surface area contributed by atoms with Gasteiger partial charge in [-0.2, -0.15) is 0 Å². The highest BCUT2D eigenvalue weighted by molar-refractivity contribution is 5.71. The van der Waals surface area contributed by atoms with Crippen LogP contribution in [0.15, 0.2) is 24.3 Å². The van der Waals surface area contributed by atoms with E-state index < -0.39 is 6.10 Å². The van der Waals surface area contributed by atoms with E-state index in [1.165, 1.54) is 289 Å². The van der Waals surface area contributed by atoms with Crippen LogP contribution in [0.1, 0.15) is 406 Å². The maximum Gasteiger partial charge on any atom is 0.306 e. The van der Waals surface area contributed by atoms with Crippen molar-refractivity contribution in [2.75, 3.05) is 13.2 Å². The monoisotopic (exact) mass is 1110 g/mol. The molecule has 0 saturated heterocycles. The van der Waals surface area contributed by atoms with Crippen LogP contribution in [0, 0.1) is 0 Å². The van der Waals surface area contributed by atoms with Crippen LogP contribution in [0.5, 0.6) is 0 Å². The minimum atomic E-state index is -0.776. The Labute approximate surface area is 493 Å². The van der Waals surface area contributed by atoms with Crippen LogP contribution in [-0.2, 0) is 28.6 Å². The molecule has 0 aromatic rings. The fourth-order valence-electron chi connectivity index (χ4n) is 11.1. The minimum absolute atomic E-state index is 0.0707. The fourth-order valence-corrected chi connectivity index (χ4v) is 11.1. The van der Waals surface area contributed by atoms with E-state index in [1.807, 2.05) is 0 Å². The average molecular weight is 1110 g/mol. The predicted molar refractivity (Wildman–Crippen MR) is 344 cm³/mol. The van der Waals surface area contributed by atoms with E-state index >= 15 is 0 Å². The Morgan fingerprint density at radius 1 is 0.253 bits per heavy atom. The molecule has 0 aromatic heterocycles. The van der Waals surface area contributed by atoms with Crippen LogP contribution in [0.4, 0.5) is 0 Å². The van der Waals surface area contributed by atoms with Crippen molar-refractivity contribution in [1.29, 1.82) is 0 Å². The molecular formula is C73H138O6. The van der Waals surface area contributed by atoms with Crippen LogP contribution >= 0.6 is 0 Å². The van der Waals surface area contributed by atoms with Crippen molar-refractivity contribution in [1.82, 2.24) is 0 Å². The predicted octanol–water partition coefficient (Wildman–Crippen LogP) is 24.6. The van der Waals surface area contributed by atoms with E-state index in [2.05, 4.69) is 45.1 Å². The number of hydrogen-bond donors (Lipinski definition) is 0. The summed E-state index contributed by atoms with van der Waals surface area (Å²) < 4.78 is 17.0. The highest BCUT2D eigenvalue weighted by Crippen LogP contribution is 2.19. The Morgan fingerprint density at radius 2 is 0.456 bits per heavy atom. The summed E-state index contributed by atoms with van der Waals surface area (Å²) in [6.07, 6.45) is 83.6. The standard InChI is InChI=1S/C73H138O6/c1-4-7-10-13-16-19-22-25-28-31-32-33-34-35-36-37-38-39-40-41-42-43-46-48-51-54-57-60-63-66-72(75)78-69-70(79-73(76)67-64-61-58-55-52-49-45-30-27-24-21-18-15-12-9-6-3)68-77-71(74)65-62-59-56-53-50-47-44-29-26-23-20-17-14-11-8-5-2/h21,24,30,45,70H,4-20,22-23,25-29,31-44,46-69H2,1-3H3/b24-21-,45-30-. The second kappa shape index (κ2) is 68.4. The van der Waals surface area contributed by atoms with E-state index in [4.69, 9.17) is 14.2 Å². The SMILES string of the molecule is CCCCCC/C=C\C/C=C\CCCCCCCC(=O)OC(COC(=O)CCCCCCCCCCCCCCCCCC)COC(=O)CCCCCCCCCCCCCCCCCCCCCCCCCCCCCCC. The second-order valence-corrected chi connectivity index (χ2v) is 24.5. The molecule has 0 aliphatic rings. The Bertz CT molecular complexity index is 1270. The van der Waals surface area contributed by atoms with Gasteiger partial charge in [0.1, 0.15) is 13.2 Å². The normalized spacial score (nSPS) is 12.1. The molecule has 0 amide bonds. The van der Waals surface area contributed by atoms with Crippen molar-refractivity contribution in [3.8, 4) is 0 Å². The number of ether oxygens (including phenoxy) is 3. The van der Waals surface area contributed by atoms with E-state index in [0.717, 1.165) is 77.0 Å². The third-order valence-electron chi connectivity index (χ3n) is 16.5. The van der Waals surface area contributed by atoms with Gasteiger partial charge in [0.05, 0.1) is 0 Å². The van der Waals surface area contributed by atoms with E-state index in [1.54, 1.807) is 0 Å². The van der Waals surface area contributed by atoms with Gasteiger partial charge in [-0.1, -0.05) is 360 Å². The van der Waals surface area contributed by atoms with Gasteiger partial charge in [0.15, 0.2) is 6.10 Å². The van der Waals surface area contributed by atoms with Crippen LogP contribution in [-0.4, -0.2) is 37.2 Å². The molecule has 0 radical (unpaired) electrons. The van der Waals surface area contributed by atoms with Crippen molar-refractivity contribution in [3.05, 3.63) is 24.3 Å². The largest absolute Gasteiger partial charge is 0.462 e. The van der Waals surface area contributed by atoms with Crippen molar-refractivity contribution in [3.63, 3.8) is 0 Å². The number of hydrogen-bond acceptors (Lipinski definition) is 6. The first-order chi connectivity index (χ1) is 39.0. The van der Waals surface area contributed by atoms with Crippen molar-refractivity contribution in [2.45, 2.75) is 412 Å². The zero-order valence-corrected chi connectivity index (χ0v) is 53.7. The molecule has 0 saturated carbocycles. The summed E-state index contributed by atoms with van der Waals surface area (Å²) >= 11 is 0. The summed E-state index contributed by atoms with van der Waals surface area (Å²) in [4.78, 5) is 38.4. The molecule has 0 aliphatic heterocycles. The third-order valence-corrected chi connectivity index (χ3v) is 16.5. The van der Waals surface area contributed by atoms with E-state index in [-0.39, 0.29) is 31.1 Å². The number of rotatable bonds is 67. The van der Waals surface area contributed by atoms with Crippen LogP contribution in [0.3, 0.4) is 0 Å². The lowest BCUT2D eigenvalue weighted by molar-refractivity contribution is -0.167. The average Bonchev–Trinajstić information content (AvgIpc) is 3.45. The van der Waals surface area contributed by atoms with Crippen molar-refractivity contribution < 1.29 is 28.6 Å². The van der Waals surface area contributed by atoms with E-state index in [0.29, 0.717) is 19.3 Å². The maximum atomic E-state index is 12.9. The highest BCUT2D eigenvalue weighted by atomic mass is 16.6. The molecule has 1 atom stereocenters. The van der Waals surface area contributed by atoms with Gasteiger partial charge in [0.25, 0.3) is 0 Å². The van der Waals surface area contributed by atoms with Gasteiger partial charge in [0, 0.05) is 19.3 Å². The quantitative estimate of drug-likeness (QED) is 0.0261. The molecule has 6 heteroatoms. The molecule has 0 spiro atoms. The fraction of sp³-hybridized carbons (Fsp3) is 0.904. The van der Waals surface area contributed by atoms with Crippen LogP contribution < -0.4 is 0 Å². The van der Waals surface area contributed by atoms with Gasteiger partial charge in [-0.25, -0.2) is 0 Å². The van der Waals surface area contributed by atoms with Crippen molar-refractivity contribution in [2.24, 2.45) is 0 Å². The van der Waals surface area contributed by atoms with Gasteiger partial charge < -0.3 is 14.2 Å². The van der Waals surface area contributed by atoms with Gasteiger partial charge in [0.2, 0.25) is 0 Å². The lowest BCUT2D eigenvalue weighted by atomic mass is 10.0. The van der Waals surface area contributed by atoms with Gasteiger partial charge in [-0.15, -0.1) is 0 Å². The lowest BCUT2D eigenvalue weighted by Crippen LogP contribution is -2.30. The molecule has 79 heavy (non-hydrogen) atoms. The number of carbonyl (C=O) groups is 3. The summed E-state index contributed by atoms with van der Waals surface area (Å²) in [6.45, 7) is 6.70. The molecule has 0 fully saturated rings. The summed E-state index contributed by atoms with van der Waals surface area (Å²) in [5, 5.41) is 0. The zero-order valence-electron chi connectivity index (χ0n) is 53.7. The Morgan fingerprint density at radius 3 is 0.709 bits per heavy atom. The molecule has 6 nitrogen and oxygen atoms in total. The Kier molecular flexibility index (Phi) is 66.6. The molecule has 0 aromatic carbocycles. The van der Waals surface area contributed by atoms with Gasteiger partial charge in [-0.3, -0.25) is 14.4 Å². The second-order valence-electron chi connectivity index (χ2n) is 24.5. The van der Waals surface area contributed by atoms with Gasteiger partial charge >= 0.3 is 17.9 Å². The molecular weight excluding hydrogens is 973 g/mol. The van der Waals surface area contributed by atoms with Crippen LogP contribution in [0.25, 0.3) is 0 Å². The smallest absolute Gasteiger partial charge is 0.306 e. The van der Waals surface area contributed by atoms with Crippen LogP contribution in [0.2, 0.25) is 0 Å². The summed E-state index contributed by atoms with van der Waals surface area (Å²) in [7, 11) is 0. The summed E-state index contributed by atoms with van der Waals surface area (Å²) in [5.41, 5.74) is 0. The van der Waals surface area contributed by atoms with Crippen molar-refractivity contribution >= 4 is 17.9 Å². The number of esters is 3. The van der Waals surface area contributed by atoms with E-state index in [9.17, 15) is 14.4 Å². The Hall–Kier alpha value is -2.11. The molecule has 0 N–H and O–H groups in total. The first kappa shape index (κ1) is 76.9. The Balaban J connectivity index is 4.18. The molecule has 466 valence electrons. The highest BCUT2D eigenvalue weighted by Gasteiger charge is 2.19. The molecule has 0 heterocycles. The number of unbranched alkanes of at least 4 members (excludes halogenated alkanes) is 52. The first-order valence-corrected chi connectivity index (χ1v) is 35.8. The maximum absolute atomic E-state index is 12.9. The topological polar surface area (TPSA) is 78.9 Å². The third kappa shape index (κ3) is 66.6. The minimum Gasteiger partial charge on any atom is -0.462 e. The molecule has 0 bridgehead atoms. The number of carbonyl (C=O) groups excluding carboxylic acids is 3. The first-order valence-electron chi connectivity index (χ1n) is 35.8. The number of allylic oxidation sites excluding steroid dienone is 4. The summed E-state index contributed by atoms with van der Waals surface area (Å²) in [6, 6.07) is 0.